The predicted molar refractivity (Wildman–Crippen MR) is 93.3 cm³/mol. The minimum Gasteiger partial charge on any atom is -0.264 e. The van der Waals surface area contributed by atoms with E-state index in [-0.39, 0.29) is 5.82 Å². The second kappa shape index (κ2) is 6.37. The highest BCUT2D eigenvalue weighted by molar-refractivity contribution is 7.99. The summed E-state index contributed by atoms with van der Waals surface area (Å²) in [5.74, 6) is 0.328. The van der Waals surface area contributed by atoms with E-state index in [9.17, 15) is 4.39 Å². The molecule has 0 N–H and O–H groups in total. The minimum atomic E-state index is -0.256. The second-order valence-corrected chi connectivity index (χ2v) is 6.17. The first-order valence-electron chi connectivity index (χ1n) is 7.41. The van der Waals surface area contributed by atoms with E-state index in [4.69, 9.17) is 0 Å². The van der Waals surface area contributed by atoms with Gasteiger partial charge in [0, 0.05) is 28.2 Å². The molecule has 0 aliphatic carbocycles. The van der Waals surface area contributed by atoms with Crippen LogP contribution >= 0.6 is 11.8 Å². The Hall–Kier alpha value is -2.79. The van der Waals surface area contributed by atoms with Crippen LogP contribution in [0, 0.1) is 5.82 Å². The minimum absolute atomic E-state index is 0.256. The molecule has 2 aromatic heterocycles. The molecule has 0 aliphatic heterocycles. The number of pyridine rings is 1. The summed E-state index contributed by atoms with van der Waals surface area (Å²) in [5, 5.41) is 1.63. The lowest BCUT2D eigenvalue weighted by Crippen LogP contribution is -1.94. The maximum atomic E-state index is 14.0. The fraction of sp³-hybridized carbons (Fsp3) is 0. The molecule has 0 aliphatic rings. The van der Waals surface area contributed by atoms with Gasteiger partial charge in [-0.3, -0.25) is 4.98 Å². The number of fused-ring (bicyclic) bond motifs is 1. The van der Waals surface area contributed by atoms with Gasteiger partial charge in [0.1, 0.15) is 10.8 Å². The summed E-state index contributed by atoms with van der Waals surface area (Å²) in [5.41, 5.74) is 1.66. The molecule has 0 saturated heterocycles. The molecule has 0 unspecified atom stereocenters. The van der Waals surface area contributed by atoms with Crippen LogP contribution in [0.15, 0.2) is 83.0 Å². The lowest BCUT2D eigenvalue weighted by Gasteiger charge is -2.09. The smallest absolute Gasteiger partial charge is 0.162 e. The Labute approximate surface area is 142 Å². The Morgan fingerprint density at radius 3 is 2.50 bits per heavy atom. The van der Waals surface area contributed by atoms with Crippen LogP contribution in [-0.4, -0.2) is 15.0 Å². The van der Waals surface area contributed by atoms with Crippen LogP contribution < -0.4 is 0 Å². The highest BCUT2D eigenvalue weighted by Gasteiger charge is 2.12. The summed E-state index contributed by atoms with van der Waals surface area (Å²) in [4.78, 5) is 13.9. The number of benzene rings is 2. The fourth-order valence-electron chi connectivity index (χ4n) is 2.38. The molecule has 0 fully saturated rings. The Kier molecular flexibility index (Phi) is 3.92. The van der Waals surface area contributed by atoms with Crippen molar-refractivity contribution < 1.29 is 4.39 Å². The third kappa shape index (κ3) is 2.86. The molecule has 0 saturated carbocycles. The van der Waals surface area contributed by atoms with E-state index in [0.717, 1.165) is 21.5 Å². The number of hydrogen-bond donors (Lipinski definition) is 0. The molecular weight excluding hydrogens is 321 g/mol. The first-order chi connectivity index (χ1) is 11.8. The van der Waals surface area contributed by atoms with E-state index in [1.165, 1.54) is 17.8 Å². The molecule has 0 atom stereocenters. The van der Waals surface area contributed by atoms with Crippen molar-refractivity contribution in [3.05, 3.63) is 78.9 Å². The predicted octanol–water partition coefficient (Wildman–Crippen LogP) is 4.98. The maximum Gasteiger partial charge on any atom is 0.162 e. The van der Waals surface area contributed by atoms with E-state index >= 15 is 0 Å². The van der Waals surface area contributed by atoms with Gasteiger partial charge in [-0.1, -0.05) is 42.1 Å². The molecule has 116 valence electrons. The van der Waals surface area contributed by atoms with Gasteiger partial charge in [0.25, 0.3) is 0 Å². The van der Waals surface area contributed by atoms with Crippen molar-refractivity contribution in [2.45, 2.75) is 9.92 Å². The van der Waals surface area contributed by atoms with E-state index in [0.29, 0.717) is 10.7 Å². The van der Waals surface area contributed by atoms with Crippen LogP contribution in [0.5, 0.6) is 0 Å². The van der Waals surface area contributed by atoms with Gasteiger partial charge < -0.3 is 0 Å². The van der Waals surface area contributed by atoms with Gasteiger partial charge in [-0.15, -0.1) is 0 Å². The lowest BCUT2D eigenvalue weighted by atomic mass is 10.2. The average Bonchev–Trinajstić information content (AvgIpc) is 2.64. The highest BCUT2D eigenvalue weighted by atomic mass is 32.2. The van der Waals surface area contributed by atoms with Crippen LogP contribution in [-0.2, 0) is 0 Å². The van der Waals surface area contributed by atoms with Crippen LogP contribution in [0.3, 0.4) is 0 Å². The molecule has 24 heavy (non-hydrogen) atoms. The van der Waals surface area contributed by atoms with E-state index in [1.54, 1.807) is 24.5 Å². The van der Waals surface area contributed by atoms with Crippen molar-refractivity contribution in [2.24, 2.45) is 0 Å². The molecule has 4 aromatic rings. The fourth-order valence-corrected chi connectivity index (χ4v) is 3.32. The molecule has 0 bridgehead atoms. The monoisotopic (exact) mass is 333 g/mol. The van der Waals surface area contributed by atoms with Gasteiger partial charge in [-0.25, -0.2) is 14.4 Å². The number of rotatable bonds is 3. The molecule has 0 spiro atoms. The Bertz CT molecular complexity index is 1010. The molecule has 4 rings (SSSR count). The summed E-state index contributed by atoms with van der Waals surface area (Å²) in [6, 6.07) is 18.2. The van der Waals surface area contributed by atoms with Crippen molar-refractivity contribution in [3.8, 4) is 11.4 Å². The molecule has 5 heteroatoms. The van der Waals surface area contributed by atoms with Gasteiger partial charge in [0.15, 0.2) is 5.82 Å². The van der Waals surface area contributed by atoms with Crippen molar-refractivity contribution >= 4 is 22.7 Å². The second-order valence-electron chi connectivity index (χ2n) is 5.14. The normalized spacial score (nSPS) is 10.9. The zero-order valence-electron chi connectivity index (χ0n) is 12.6. The Morgan fingerprint density at radius 2 is 1.67 bits per heavy atom. The average molecular weight is 333 g/mol. The molecule has 2 heterocycles. The topological polar surface area (TPSA) is 38.7 Å². The number of nitrogens with zero attached hydrogens (tertiary/aromatic N) is 3. The molecule has 3 nitrogen and oxygen atoms in total. The summed E-state index contributed by atoms with van der Waals surface area (Å²) >= 11 is 1.31. The zero-order chi connectivity index (χ0) is 16.4. The van der Waals surface area contributed by atoms with E-state index < -0.39 is 0 Å². The first kappa shape index (κ1) is 14.8. The summed E-state index contributed by atoms with van der Waals surface area (Å²) in [6.45, 7) is 0. The van der Waals surface area contributed by atoms with E-state index in [1.807, 2.05) is 42.5 Å². The summed E-state index contributed by atoms with van der Waals surface area (Å²) in [6.07, 6.45) is 3.43. The van der Waals surface area contributed by atoms with Crippen LogP contribution in [0.4, 0.5) is 4.39 Å². The summed E-state index contributed by atoms with van der Waals surface area (Å²) in [7, 11) is 0. The first-order valence-corrected chi connectivity index (χ1v) is 8.22. The Morgan fingerprint density at radius 1 is 0.833 bits per heavy atom. The van der Waals surface area contributed by atoms with Crippen LogP contribution in [0.1, 0.15) is 0 Å². The van der Waals surface area contributed by atoms with Crippen LogP contribution in [0.25, 0.3) is 22.3 Å². The summed E-state index contributed by atoms with van der Waals surface area (Å²) < 4.78 is 14.0. The largest absolute Gasteiger partial charge is 0.264 e. The van der Waals surface area contributed by atoms with Gasteiger partial charge in [0.2, 0.25) is 0 Å². The van der Waals surface area contributed by atoms with Crippen molar-refractivity contribution in [1.29, 1.82) is 0 Å². The molecule has 0 radical (unpaired) electrons. The standard InChI is InChI=1S/C19H12FN3S/c20-15-8-2-4-10-17(15)24-19-14-7-1-3-9-16(14)22-18(23-19)13-6-5-11-21-12-13/h1-12H. The van der Waals surface area contributed by atoms with Crippen LogP contribution in [0.2, 0.25) is 0 Å². The maximum absolute atomic E-state index is 14.0. The van der Waals surface area contributed by atoms with Gasteiger partial charge >= 0.3 is 0 Å². The molecule has 0 amide bonds. The Balaban J connectivity index is 1.88. The zero-order valence-corrected chi connectivity index (χ0v) is 13.4. The third-order valence-electron chi connectivity index (χ3n) is 3.53. The SMILES string of the molecule is Fc1ccccc1Sc1nc(-c2cccnc2)nc2ccccc12. The van der Waals surface area contributed by atoms with Crippen molar-refractivity contribution in [1.82, 2.24) is 15.0 Å². The highest BCUT2D eigenvalue weighted by Crippen LogP contribution is 2.34. The van der Waals surface area contributed by atoms with Gasteiger partial charge in [0.05, 0.1) is 5.52 Å². The molecular formula is C19H12FN3S. The third-order valence-corrected chi connectivity index (χ3v) is 4.59. The number of aromatic nitrogens is 3. The van der Waals surface area contributed by atoms with Crippen molar-refractivity contribution in [2.75, 3.05) is 0 Å². The molecule has 2 aromatic carbocycles. The quantitative estimate of drug-likeness (QED) is 0.496. The van der Waals surface area contributed by atoms with Gasteiger partial charge in [-0.2, -0.15) is 0 Å². The van der Waals surface area contributed by atoms with E-state index in [2.05, 4.69) is 15.0 Å². The number of halogens is 1. The van der Waals surface area contributed by atoms with Gasteiger partial charge in [-0.05, 0) is 30.3 Å². The van der Waals surface area contributed by atoms with Crippen molar-refractivity contribution in [3.63, 3.8) is 0 Å². The number of para-hydroxylation sites is 1. The number of hydrogen-bond acceptors (Lipinski definition) is 4. The lowest BCUT2D eigenvalue weighted by molar-refractivity contribution is 0.602.